The summed E-state index contributed by atoms with van der Waals surface area (Å²) in [5.74, 6) is -1.58. The summed E-state index contributed by atoms with van der Waals surface area (Å²) >= 11 is 5.54. The van der Waals surface area contributed by atoms with Crippen molar-refractivity contribution in [2.24, 2.45) is 0 Å². The van der Waals surface area contributed by atoms with Gasteiger partial charge in [0.25, 0.3) is 0 Å². The van der Waals surface area contributed by atoms with Gasteiger partial charge in [-0.25, -0.2) is 0 Å². The Labute approximate surface area is 131 Å². The molecule has 22 heavy (non-hydrogen) atoms. The maximum absolute atomic E-state index is 12.6. The number of hydrogen-bond acceptors (Lipinski definition) is 2. The van der Waals surface area contributed by atoms with E-state index >= 15 is 0 Å². The number of benzene rings is 1. The Morgan fingerprint density at radius 2 is 2.00 bits per heavy atom. The molecule has 7 heteroatoms. The standard InChI is InChI=1S/C15H15ClF3NO2/c16-7-1-4-13(21)11-5-6-12-10(9-11)3-2-8-20(12)14(22)15(17,18)19/h5-6,9H,1-4,7-8H2. The second kappa shape index (κ2) is 6.69. The molecular weight excluding hydrogens is 319 g/mol. The molecule has 120 valence electrons. The molecule has 0 bridgehead atoms. The molecule has 0 aliphatic carbocycles. The van der Waals surface area contributed by atoms with E-state index in [0.29, 0.717) is 42.7 Å². The molecule has 0 N–H and O–H groups in total. The van der Waals surface area contributed by atoms with E-state index in [-0.39, 0.29) is 18.0 Å². The fourth-order valence-electron chi connectivity index (χ4n) is 2.51. The van der Waals surface area contributed by atoms with Crippen LogP contribution in [0, 0.1) is 0 Å². The van der Waals surface area contributed by atoms with E-state index in [0.717, 1.165) is 4.90 Å². The van der Waals surface area contributed by atoms with Crippen LogP contribution in [0.4, 0.5) is 18.9 Å². The molecule has 0 aromatic heterocycles. The van der Waals surface area contributed by atoms with Crippen molar-refractivity contribution in [3.05, 3.63) is 29.3 Å². The van der Waals surface area contributed by atoms with Gasteiger partial charge >= 0.3 is 12.1 Å². The minimum atomic E-state index is -4.90. The Bertz CT molecular complexity index is 587. The van der Waals surface area contributed by atoms with Crippen LogP contribution in [0.15, 0.2) is 18.2 Å². The van der Waals surface area contributed by atoms with E-state index in [4.69, 9.17) is 11.6 Å². The topological polar surface area (TPSA) is 37.4 Å². The Morgan fingerprint density at radius 1 is 1.27 bits per heavy atom. The third kappa shape index (κ3) is 3.61. The van der Waals surface area contributed by atoms with Gasteiger partial charge in [-0.05, 0) is 43.0 Å². The zero-order valence-electron chi connectivity index (χ0n) is 11.8. The van der Waals surface area contributed by atoms with Crippen LogP contribution in [0.1, 0.15) is 35.2 Å². The van der Waals surface area contributed by atoms with Gasteiger partial charge in [0.2, 0.25) is 0 Å². The normalized spacial score (nSPS) is 14.6. The lowest BCUT2D eigenvalue weighted by molar-refractivity contribution is -0.170. The van der Waals surface area contributed by atoms with E-state index < -0.39 is 12.1 Å². The maximum Gasteiger partial charge on any atom is 0.471 e. The minimum absolute atomic E-state index is 0.0326. The second-order valence-corrected chi connectivity index (χ2v) is 5.50. The van der Waals surface area contributed by atoms with Gasteiger partial charge in [0.05, 0.1) is 0 Å². The highest BCUT2D eigenvalue weighted by Gasteiger charge is 2.44. The number of nitrogens with zero attached hydrogens (tertiary/aromatic N) is 1. The lowest BCUT2D eigenvalue weighted by atomic mass is 9.96. The number of ketones is 1. The Kier molecular flexibility index (Phi) is 5.11. The molecule has 1 amide bonds. The van der Waals surface area contributed by atoms with Gasteiger partial charge in [-0.2, -0.15) is 13.2 Å². The van der Waals surface area contributed by atoms with Crippen molar-refractivity contribution < 1.29 is 22.8 Å². The highest BCUT2D eigenvalue weighted by molar-refractivity contribution is 6.18. The average molecular weight is 334 g/mol. The van der Waals surface area contributed by atoms with Crippen molar-refractivity contribution in [2.75, 3.05) is 17.3 Å². The molecule has 0 spiro atoms. The summed E-state index contributed by atoms with van der Waals surface area (Å²) in [4.78, 5) is 24.1. The summed E-state index contributed by atoms with van der Waals surface area (Å²) in [5, 5.41) is 0. The molecule has 2 rings (SSSR count). The van der Waals surface area contributed by atoms with Crippen LogP contribution < -0.4 is 4.90 Å². The fourth-order valence-corrected chi connectivity index (χ4v) is 2.64. The van der Waals surface area contributed by atoms with Gasteiger partial charge in [0.1, 0.15) is 0 Å². The first-order valence-electron chi connectivity index (χ1n) is 6.95. The van der Waals surface area contributed by atoms with Gasteiger partial charge in [-0.15, -0.1) is 11.6 Å². The molecule has 0 fully saturated rings. The van der Waals surface area contributed by atoms with Crippen LogP contribution in [0.25, 0.3) is 0 Å². The molecule has 0 unspecified atom stereocenters. The molecule has 1 aromatic carbocycles. The van der Waals surface area contributed by atoms with E-state index in [1.807, 2.05) is 0 Å². The highest BCUT2D eigenvalue weighted by Crippen LogP contribution is 2.32. The first kappa shape index (κ1) is 16.8. The molecule has 0 radical (unpaired) electrons. The van der Waals surface area contributed by atoms with Crippen molar-refractivity contribution in [3.63, 3.8) is 0 Å². The highest BCUT2D eigenvalue weighted by atomic mass is 35.5. The largest absolute Gasteiger partial charge is 0.471 e. The number of aryl methyl sites for hydroxylation is 1. The van der Waals surface area contributed by atoms with Crippen LogP contribution in [0.2, 0.25) is 0 Å². The summed E-state index contributed by atoms with van der Waals surface area (Å²) in [6, 6.07) is 4.48. The third-order valence-electron chi connectivity index (χ3n) is 3.55. The molecule has 0 saturated carbocycles. The van der Waals surface area contributed by atoms with Gasteiger partial charge in [0.15, 0.2) is 5.78 Å². The number of carbonyl (C=O) groups is 2. The molecule has 1 aromatic rings. The summed E-state index contributed by atoms with van der Waals surface area (Å²) in [6.07, 6.45) is -3.06. The van der Waals surface area contributed by atoms with Crippen molar-refractivity contribution in [2.45, 2.75) is 31.9 Å². The number of anilines is 1. The predicted octanol–water partition coefficient (Wildman–Crippen LogP) is 3.73. The van der Waals surface area contributed by atoms with E-state index in [1.54, 1.807) is 6.07 Å². The third-order valence-corrected chi connectivity index (χ3v) is 3.81. The minimum Gasteiger partial charge on any atom is -0.304 e. The van der Waals surface area contributed by atoms with Crippen LogP contribution in [0.5, 0.6) is 0 Å². The van der Waals surface area contributed by atoms with Crippen molar-refractivity contribution in [1.82, 2.24) is 0 Å². The number of amides is 1. The summed E-state index contributed by atoms with van der Waals surface area (Å²) < 4.78 is 37.9. The van der Waals surface area contributed by atoms with E-state index in [2.05, 4.69) is 0 Å². The molecule has 0 saturated heterocycles. The van der Waals surface area contributed by atoms with Gasteiger partial charge in [-0.3, -0.25) is 9.59 Å². The van der Waals surface area contributed by atoms with Gasteiger partial charge < -0.3 is 4.90 Å². The van der Waals surface area contributed by atoms with E-state index in [9.17, 15) is 22.8 Å². The summed E-state index contributed by atoms with van der Waals surface area (Å²) in [7, 11) is 0. The van der Waals surface area contributed by atoms with Crippen molar-refractivity contribution in [3.8, 4) is 0 Å². The molecular formula is C15H15ClF3NO2. The first-order valence-corrected chi connectivity index (χ1v) is 7.49. The average Bonchev–Trinajstić information content (AvgIpc) is 2.49. The quantitative estimate of drug-likeness (QED) is 0.622. The molecule has 1 heterocycles. The smallest absolute Gasteiger partial charge is 0.304 e. The zero-order chi connectivity index (χ0) is 16.3. The SMILES string of the molecule is O=C(CCCCl)c1ccc2c(c1)CCCN2C(=O)C(F)(F)F. The zero-order valence-corrected chi connectivity index (χ0v) is 12.5. The number of carbonyl (C=O) groups excluding carboxylic acids is 2. The number of halogens is 4. The van der Waals surface area contributed by atoms with Crippen LogP contribution in [-0.2, 0) is 11.2 Å². The Morgan fingerprint density at radius 3 is 2.64 bits per heavy atom. The summed E-state index contributed by atoms with van der Waals surface area (Å²) in [6.45, 7) is 0.0326. The first-order chi connectivity index (χ1) is 10.3. The maximum atomic E-state index is 12.6. The number of rotatable bonds is 4. The summed E-state index contributed by atoms with van der Waals surface area (Å²) in [5.41, 5.74) is 1.29. The molecule has 1 aliphatic rings. The Hall–Kier alpha value is -1.56. The van der Waals surface area contributed by atoms with Gasteiger partial charge in [0, 0.05) is 30.1 Å². The van der Waals surface area contributed by atoms with Crippen molar-refractivity contribution >= 4 is 29.0 Å². The second-order valence-electron chi connectivity index (χ2n) is 5.12. The number of fused-ring (bicyclic) bond motifs is 1. The number of Topliss-reactive ketones (excluding diaryl/α,β-unsaturated/α-hetero) is 1. The molecule has 3 nitrogen and oxygen atoms in total. The van der Waals surface area contributed by atoms with Gasteiger partial charge in [-0.1, -0.05) is 0 Å². The lowest BCUT2D eigenvalue weighted by Crippen LogP contribution is -2.43. The monoisotopic (exact) mass is 333 g/mol. The van der Waals surface area contributed by atoms with Crippen LogP contribution in [0.3, 0.4) is 0 Å². The predicted molar refractivity (Wildman–Crippen MR) is 77.5 cm³/mol. The van der Waals surface area contributed by atoms with E-state index in [1.165, 1.54) is 12.1 Å². The lowest BCUT2D eigenvalue weighted by Gasteiger charge is -2.30. The van der Waals surface area contributed by atoms with Crippen LogP contribution >= 0.6 is 11.6 Å². The Balaban J connectivity index is 2.27. The van der Waals surface area contributed by atoms with Crippen LogP contribution in [-0.4, -0.2) is 30.3 Å². The fraction of sp³-hybridized carbons (Fsp3) is 0.467. The number of hydrogen-bond donors (Lipinski definition) is 0. The molecule has 1 aliphatic heterocycles. The number of alkyl halides is 4. The van der Waals surface area contributed by atoms with Crippen molar-refractivity contribution in [1.29, 1.82) is 0 Å². The molecule has 0 atom stereocenters.